The number of carbonyl (C=O) groups excluding carboxylic acids is 1. The minimum Gasteiger partial charge on any atom is -0.331 e. The molecule has 0 N–H and O–H groups in total. The minimum absolute atomic E-state index is 0.0592. The van der Waals surface area contributed by atoms with Gasteiger partial charge in [-0.1, -0.05) is 0 Å². The van der Waals surface area contributed by atoms with Crippen LogP contribution in [0.1, 0.15) is 40.3 Å². The molecule has 2 aromatic rings. The van der Waals surface area contributed by atoms with Gasteiger partial charge in [-0.25, -0.2) is 4.98 Å². The number of fused-ring (bicyclic) bond motifs is 1. The maximum Gasteiger partial charge on any atom is 0.274 e. The number of carbonyl (C=O) groups is 1. The molecule has 126 valence electrons. The van der Waals surface area contributed by atoms with Crippen LogP contribution < -0.4 is 0 Å². The first-order valence-corrected chi connectivity index (χ1v) is 8.53. The van der Waals surface area contributed by atoms with E-state index in [-0.39, 0.29) is 5.91 Å². The first-order valence-electron chi connectivity index (χ1n) is 8.53. The Labute approximate surface area is 141 Å². The van der Waals surface area contributed by atoms with E-state index in [9.17, 15) is 4.79 Å². The maximum atomic E-state index is 12.6. The standard InChI is InChI=1S/C17H22N6O/c1-21-16-12-23(17(24)14-10-18-5-6-19-14)9-4-13(16)15(20-21)11-22-7-2-3-8-22/h5-6,10H,2-4,7-9,11-12H2,1H3. The van der Waals surface area contributed by atoms with Crippen molar-refractivity contribution in [3.63, 3.8) is 0 Å². The Hall–Kier alpha value is -2.28. The summed E-state index contributed by atoms with van der Waals surface area (Å²) in [6.45, 7) is 4.57. The third-order valence-corrected chi connectivity index (χ3v) is 4.97. The van der Waals surface area contributed by atoms with Crippen LogP contribution in [0.4, 0.5) is 0 Å². The van der Waals surface area contributed by atoms with Crippen LogP contribution in [0.2, 0.25) is 0 Å². The Bertz CT molecular complexity index is 735. The van der Waals surface area contributed by atoms with Crippen LogP contribution in [0, 0.1) is 0 Å². The highest BCUT2D eigenvalue weighted by Gasteiger charge is 2.28. The number of aromatic nitrogens is 4. The number of likely N-dealkylation sites (tertiary alicyclic amines) is 1. The number of nitrogens with zero attached hydrogens (tertiary/aromatic N) is 6. The molecule has 0 aliphatic carbocycles. The average Bonchev–Trinajstić information content (AvgIpc) is 3.24. The van der Waals surface area contributed by atoms with E-state index in [0.717, 1.165) is 18.7 Å². The molecule has 0 saturated carbocycles. The molecule has 0 radical (unpaired) electrons. The Morgan fingerprint density at radius 3 is 2.79 bits per heavy atom. The monoisotopic (exact) mass is 326 g/mol. The van der Waals surface area contributed by atoms with Gasteiger partial charge in [-0.05, 0) is 32.4 Å². The number of aryl methyl sites for hydroxylation is 1. The van der Waals surface area contributed by atoms with Crippen LogP contribution in [0.5, 0.6) is 0 Å². The summed E-state index contributed by atoms with van der Waals surface area (Å²) in [5.74, 6) is -0.0592. The number of hydrogen-bond acceptors (Lipinski definition) is 5. The summed E-state index contributed by atoms with van der Waals surface area (Å²) in [5.41, 5.74) is 4.06. The molecule has 7 nitrogen and oxygen atoms in total. The second kappa shape index (κ2) is 6.32. The fourth-order valence-electron chi connectivity index (χ4n) is 3.68. The quantitative estimate of drug-likeness (QED) is 0.842. The van der Waals surface area contributed by atoms with Crippen LogP contribution in [-0.2, 0) is 26.6 Å². The SMILES string of the molecule is Cn1nc(CN2CCCC2)c2c1CN(C(=O)c1cnccn1)CC2. The summed E-state index contributed by atoms with van der Waals surface area (Å²) in [7, 11) is 1.97. The lowest BCUT2D eigenvalue weighted by atomic mass is 10.0. The Kier molecular flexibility index (Phi) is 4.02. The van der Waals surface area contributed by atoms with Crippen molar-refractivity contribution in [3.8, 4) is 0 Å². The molecule has 2 aliphatic heterocycles. The third-order valence-electron chi connectivity index (χ3n) is 4.97. The van der Waals surface area contributed by atoms with Gasteiger partial charge in [0.1, 0.15) is 5.69 Å². The van der Waals surface area contributed by atoms with Crippen molar-refractivity contribution in [2.45, 2.75) is 32.4 Å². The van der Waals surface area contributed by atoms with Crippen molar-refractivity contribution in [2.75, 3.05) is 19.6 Å². The minimum atomic E-state index is -0.0592. The van der Waals surface area contributed by atoms with Crippen molar-refractivity contribution >= 4 is 5.91 Å². The predicted molar refractivity (Wildman–Crippen MR) is 88.2 cm³/mol. The summed E-state index contributed by atoms with van der Waals surface area (Å²) in [6, 6.07) is 0. The Morgan fingerprint density at radius 2 is 2.04 bits per heavy atom. The Balaban J connectivity index is 1.53. The summed E-state index contributed by atoms with van der Waals surface area (Å²) >= 11 is 0. The zero-order chi connectivity index (χ0) is 16.5. The molecular weight excluding hydrogens is 304 g/mol. The van der Waals surface area contributed by atoms with Crippen molar-refractivity contribution in [3.05, 3.63) is 41.2 Å². The molecule has 2 aromatic heterocycles. The molecule has 4 rings (SSSR count). The van der Waals surface area contributed by atoms with Crippen LogP contribution >= 0.6 is 0 Å². The number of amides is 1. The fourth-order valence-corrected chi connectivity index (χ4v) is 3.68. The van der Waals surface area contributed by atoms with Crippen LogP contribution in [0.25, 0.3) is 0 Å². The summed E-state index contributed by atoms with van der Waals surface area (Å²) < 4.78 is 1.94. The van der Waals surface area contributed by atoms with E-state index in [1.54, 1.807) is 12.4 Å². The normalized spacial score (nSPS) is 18.0. The molecule has 0 spiro atoms. The second-order valence-corrected chi connectivity index (χ2v) is 6.55. The van der Waals surface area contributed by atoms with E-state index in [2.05, 4.69) is 14.9 Å². The molecule has 1 fully saturated rings. The number of hydrogen-bond donors (Lipinski definition) is 0. The second-order valence-electron chi connectivity index (χ2n) is 6.55. The van der Waals surface area contributed by atoms with Gasteiger partial charge in [-0.15, -0.1) is 0 Å². The van der Waals surface area contributed by atoms with Crippen molar-refractivity contribution in [2.24, 2.45) is 7.05 Å². The Morgan fingerprint density at radius 1 is 1.21 bits per heavy atom. The molecule has 4 heterocycles. The highest BCUT2D eigenvalue weighted by molar-refractivity contribution is 5.92. The average molecular weight is 326 g/mol. The van der Waals surface area contributed by atoms with Crippen molar-refractivity contribution < 1.29 is 4.79 Å². The van der Waals surface area contributed by atoms with E-state index in [1.165, 1.54) is 43.4 Å². The first-order chi connectivity index (χ1) is 11.7. The van der Waals surface area contributed by atoms with Gasteiger partial charge in [0.2, 0.25) is 0 Å². The molecule has 0 bridgehead atoms. The third kappa shape index (κ3) is 2.80. The molecule has 7 heteroatoms. The highest BCUT2D eigenvalue weighted by Crippen LogP contribution is 2.24. The molecule has 0 atom stereocenters. The summed E-state index contributed by atoms with van der Waals surface area (Å²) in [6.07, 6.45) is 8.10. The largest absolute Gasteiger partial charge is 0.331 e. The van der Waals surface area contributed by atoms with E-state index in [0.29, 0.717) is 18.8 Å². The molecule has 0 aromatic carbocycles. The van der Waals surface area contributed by atoms with Gasteiger partial charge >= 0.3 is 0 Å². The highest BCUT2D eigenvalue weighted by atomic mass is 16.2. The molecular formula is C17H22N6O. The van der Waals surface area contributed by atoms with Crippen LogP contribution in [0.15, 0.2) is 18.6 Å². The van der Waals surface area contributed by atoms with E-state index in [4.69, 9.17) is 5.10 Å². The number of rotatable bonds is 3. The predicted octanol–water partition coefficient (Wildman–Crippen LogP) is 1.00. The van der Waals surface area contributed by atoms with Crippen molar-refractivity contribution in [1.29, 1.82) is 0 Å². The smallest absolute Gasteiger partial charge is 0.274 e. The maximum absolute atomic E-state index is 12.6. The van der Waals surface area contributed by atoms with Gasteiger partial charge in [0.05, 0.1) is 24.1 Å². The summed E-state index contributed by atoms with van der Waals surface area (Å²) in [4.78, 5) is 25.0. The van der Waals surface area contributed by atoms with E-state index in [1.807, 2.05) is 16.6 Å². The zero-order valence-corrected chi connectivity index (χ0v) is 14.0. The molecule has 0 unspecified atom stereocenters. The van der Waals surface area contributed by atoms with Gasteiger partial charge in [-0.3, -0.25) is 19.4 Å². The van der Waals surface area contributed by atoms with Crippen molar-refractivity contribution in [1.82, 2.24) is 29.5 Å². The van der Waals surface area contributed by atoms with Gasteiger partial charge < -0.3 is 4.90 Å². The van der Waals surface area contributed by atoms with E-state index < -0.39 is 0 Å². The zero-order valence-electron chi connectivity index (χ0n) is 14.0. The van der Waals surface area contributed by atoms with Crippen LogP contribution in [0.3, 0.4) is 0 Å². The topological polar surface area (TPSA) is 67.2 Å². The lowest BCUT2D eigenvalue weighted by molar-refractivity contribution is 0.0723. The van der Waals surface area contributed by atoms with Gasteiger partial charge in [0, 0.05) is 38.1 Å². The van der Waals surface area contributed by atoms with Crippen LogP contribution in [-0.4, -0.2) is 55.1 Å². The van der Waals surface area contributed by atoms with E-state index >= 15 is 0 Å². The van der Waals surface area contributed by atoms with Gasteiger partial charge in [0.25, 0.3) is 5.91 Å². The fraction of sp³-hybridized carbons (Fsp3) is 0.529. The molecule has 1 saturated heterocycles. The molecule has 1 amide bonds. The van der Waals surface area contributed by atoms with Gasteiger partial charge in [-0.2, -0.15) is 5.10 Å². The summed E-state index contributed by atoms with van der Waals surface area (Å²) in [5, 5.41) is 4.73. The molecule has 24 heavy (non-hydrogen) atoms. The lowest BCUT2D eigenvalue weighted by Crippen LogP contribution is -2.37. The van der Waals surface area contributed by atoms with Gasteiger partial charge in [0.15, 0.2) is 0 Å². The lowest BCUT2D eigenvalue weighted by Gasteiger charge is -2.27. The molecule has 2 aliphatic rings. The first kappa shape index (κ1) is 15.3.